The minimum Gasteiger partial charge on any atom is -0.496 e. The Morgan fingerprint density at radius 1 is 1.21 bits per heavy atom. The summed E-state index contributed by atoms with van der Waals surface area (Å²) in [6, 6.07) is 10.9. The van der Waals surface area contributed by atoms with E-state index in [1.165, 1.54) is 25.3 Å². The second kappa shape index (κ2) is 6.91. The maximum Gasteiger partial charge on any atom is 0.275 e. The van der Waals surface area contributed by atoms with Crippen LogP contribution in [-0.4, -0.2) is 34.9 Å². The lowest BCUT2D eigenvalue weighted by Gasteiger charge is -2.06. The number of rotatable bonds is 5. The van der Waals surface area contributed by atoms with Gasteiger partial charge in [0.25, 0.3) is 11.6 Å². The number of ether oxygens (including phenoxy) is 3. The molecule has 0 spiro atoms. The Labute approximate surface area is 158 Å². The molecule has 0 aliphatic carbocycles. The molecule has 0 atom stereocenters. The summed E-state index contributed by atoms with van der Waals surface area (Å²) in [5, 5.41) is 20.4. The highest BCUT2D eigenvalue weighted by Crippen LogP contribution is 2.35. The molecule has 10 heteroatoms. The highest BCUT2D eigenvalue weighted by Gasteiger charge is 2.17. The second-order valence-electron chi connectivity index (χ2n) is 5.87. The number of amides is 1. The quantitative estimate of drug-likeness (QED) is 0.513. The van der Waals surface area contributed by atoms with Crippen molar-refractivity contribution in [2.75, 3.05) is 19.2 Å². The van der Waals surface area contributed by atoms with Gasteiger partial charge < -0.3 is 19.5 Å². The monoisotopic (exact) mass is 382 g/mol. The van der Waals surface area contributed by atoms with Gasteiger partial charge in [-0.25, -0.2) is 0 Å². The first-order valence-electron chi connectivity index (χ1n) is 8.14. The lowest BCUT2D eigenvalue weighted by molar-refractivity contribution is -0.384. The fourth-order valence-corrected chi connectivity index (χ4v) is 2.72. The van der Waals surface area contributed by atoms with Crippen LogP contribution in [0.1, 0.15) is 10.5 Å². The highest BCUT2D eigenvalue weighted by molar-refractivity contribution is 6.03. The van der Waals surface area contributed by atoms with Gasteiger partial charge in [-0.05, 0) is 24.3 Å². The van der Waals surface area contributed by atoms with Crippen molar-refractivity contribution >= 4 is 17.3 Å². The molecule has 0 radical (unpaired) electrons. The number of aromatic nitrogens is 2. The Kier molecular flexibility index (Phi) is 4.28. The van der Waals surface area contributed by atoms with Gasteiger partial charge in [0.1, 0.15) is 11.4 Å². The molecular formula is C18H14N4O6. The number of fused-ring (bicyclic) bond motifs is 1. The Morgan fingerprint density at radius 2 is 2.04 bits per heavy atom. The molecule has 0 saturated carbocycles. The van der Waals surface area contributed by atoms with Gasteiger partial charge in [-0.3, -0.25) is 20.0 Å². The van der Waals surface area contributed by atoms with Crippen molar-refractivity contribution in [3.8, 4) is 28.5 Å². The fraction of sp³-hybridized carbons (Fsp3) is 0.111. The van der Waals surface area contributed by atoms with Crippen molar-refractivity contribution in [1.29, 1.82) is 0 Å². The van der Waals surface area contributed by atoms with E-state index < -0.39 is 10.8 Å². The lowest BCUT2D eigenvalue weighted by atomic mass is 10.1. The number of anilines is 1. The molecule has 142 valence electrons. The number of H-pyrrole nitrogens is 1. The van der Waals surface area contributed by atoms with Crippen LogP contribution in [0.25, 0.3) is 11.3 Å². The van der Waals surface area contributed by atoms with E-state index in [0.717, 1.165) is 5.56 Å². The highest BCUT2D eigenvalue weighted by atomic mass is 16.7. The van der Waals surface area contributed by atoms with Gasteiger partial charge in [-0.2, -0.15) is 5.10 Å². The topological polar surface area (TPSA) is 129 Å². The van der Waals surface area contributed by atoms with Gasteiger partial charge in [0.05, 0.1) is 29.5 Å². The number of benzene rings is 2. The second-order valence-corrected chi connectivity index (χ2v) is 5.87. The third-order valence-corrected chi connectivity index (χ3v) is 4.09. The summed E-state index contributed by atoms with van der Waals surface area (Å²) in [6.45, 7) is 0.166. The van der Waals surface area contributed by atoms with Crippen LogP contribution in [0, 0.1) is 10.1 Å². The molecule has 1 aliphatic heterocycles. The normalized spacial score (nSPS) is 11.9. The van der Waals surface area contributed by atoms with Gasteiger partial charge in [0, 0.05) is 17.7 Å². The lowest BCUT2D eigenvalue weighted by Crippen LogP contribution is -2.12. The maximum absolute atomic E-state index is 12.5. The Bertz CT molecular complexity index is 1080. The van der Waals surface area contributed by atoms with Crippen LogP contribution in [0.2, 0.25) is 0 Å². The summed E-state index contributed by atoms with van der Waals surface area (Å²) in [5.41, 5.74) is 1.52. The number of nitro groups is 1. The molecule has 0 bridgehead atoms. The molecule has 1 aromatic heterocycles. The molecule has 1 amide bonds. The molecule has 2 heterocycles. The summed E-state index contributed by atoms with van der Waals surface area (Å²) in [6.07, 6.45) is 0. The van der Waals surface area contributed by atoms with Gasteiger partial charge >= 0.3 is 0 Å². The van der Waals surface area contributed by atoms with E-state index in [1.54, 1.807) is 24.3 Å². The van der Waals surface area contributed by atoms with Crippen molar-refractivity contribution in [3.05, 3.63) is 58.3 Å². The zero-order chi connectivity index (χ0) is 19.7. The molecule has 10 nitrogen and oxygen atoms in total. The summed E-state index contributed by atoms with van der Waals surface area (Å²) < 4.78 is 15.6. The molecule has 1 aliphatic rings. The van der Waals surface area contributed by atoms with E-state index in [4.69, 9.17) is 14.2 Å². The number of aromatic amines is 1. The average molecular weight is 382 g/mol. The standard InChI is InChI=1S/C18H14N4O6/c1-26-13-6-11(5-12(7-13)22(24)25)19-18(23)15-8-14(20-21-15)10-2-3-16-17(4-10)28-9-27-16/h2-8H,9H2,1H3,(H,19,23)(H,20,21). The van der Waals surface area contributed by atoms with Gasteiger partial charge in [-0.15, -0.1) is 0 Å². The van der Waals surface area contributed by atoms with Crippen molar-refractivity contribution < 1.29 is 23.9 Å². The first kappa shape index (κ1) is 17.3. The van der Waals surface area contributed by atoms with Gasteiger partial charge in [0.15, 0.2) is 11.5 Å². The van der Waals surface area contributed by atoms with E-state index in [9.17, 15) is 14.9 Å². The molecule has 0 fully saturated rings. The number of carbonyl (C=O) groups is 1. The third-order valence-electron chi connectivity index (χ3n) is 4.09. The maximum atomic E-state index is 12.5. The molecule has 0 unspecified atom stereocenters. The van der Waals surface area contributed by atoms with E-state index in [-0.39, 0.29) is 29.6 Å². The fourth-order valence-electron chi connectivity index (χ4n) is 2.72. The van der Waals surface area contributed by atoms with E-state index in [0.29, 0.717) is 17.2 Å². The molecule has 3 aromatic rings. The SMILES string of the molecule is COc1cc(NC(=O)c2cc(-c3ccc4c(c3)OCO4)n[nH]2)cc([N+](=O)[O-])c1. The first-order valence-corrected chi connectivity index (χ1v) is 8.14. The van der Waals surface area contributed by atoms with Crippen LogP contribution >= 0.6 is 0 Å². The van der Waals surface area contributed by atoms with E-state index >= 15 is 0 Å². The molecule has 2 aromatic carbocycles. The number of carbonyl (C=O) groups excluding carboxylic acids is 1. The van der Waals surface area contributed by atoms with Crippen molar-refractivity contribution in [2.24, 2.45) is 0 Å². The van der Waals surface area contributed by atoms with Gasteiger partial charge in [0.2, 0.25) is 6.79 Å². The van der Waals surface area contributed by atoms with Crippen LogP contribution in [-0.2, 0) is 0 Å². The van der Waals surface area contributed by atoms with Crippen LogP contribution in [0.15, 0.2) is 42.5 Å². The minimum absolute atomic E-state index is 0.166. The Morgan fingerprint density at radius 3 is 2.82 bits per heavy atom. The van der Waals surface area contributed by atoms with Crippen LogP contribution in [0.4, 0.5) is 11.4 Å². The van der Waals surface area contributed by atoms with Crippen LogP contribution in [0.3, 0.4) is 0 Å². The summed E-state index contributed by atoms with van der Waals surface area (Å²) >= 11 is 0. The number of hydrogen-bond donors (Lipinski definition) is 2. The van der Waals surface area contributed by atoms with Crippen LogP contribution < -0.4 is 19.5 Å². The number of methoxy groups -OCH3 is 1. The number of nitro benzene ring substituents is 1. The van der Waals surface area contributed by atoms with Gasteiger partial charge in [-0.1, -0.05) is 0 Å². The van der Waals surface area contributed by atoms with E-state index in [2.05, 4.69) is 15.5 Å². The summed E-state index contributed by atoms with van der Waals surface area (Å²) in [5.74, 6) is 1.02. The smallest absolute Gasteiger partial charge is 0.275 e. The Balaban J connectivity index is 1.55. The zero-order valence-corrected chi connectivity index (χ0v) is 14.6. The number of nitrogens with one attached hydrogen (secondary N) is 2. The Hall–Kier alpha value is -4.08. The summed E-state index contributed by atoms with van der Waals surface area (Å²) in [4.78, 5) is 22.9. The van der Waals surface area contributed by atoms with Crippen LogP contribution in [0.5, 0.6) is 17.2 Å². The minimum atomic E-state index is -0.563. The van der Waals surface area contributed by atoms with Crippen molar-refractivity contribution in [3.63, 3.8) is 0 Å². The number of nitrogens with zero attached hydrogens (tertiary/aromatic N) is 2. The first-order chi connectivity index (χ1) is 13.5. The van der Waals surface area contributed by atoms with E-state index in [1.807, 2.05) is 0 Å². The molecule has 2 N–H and O–H groups in total. The largest absolute Gasteiger partial charge is 0.496 e. The molecule has 0 saturated heterocycles. The number of hydrogen-bond acceptors (Lipinski definition) is 7. The van der Waals surface area contributed by atoms with Crippen molar-refractivity contribution in [2.45, 2.75) is 0 Å². The van der Waals surface area contributed by atoms with Crippen molar-refractivity contribution in [1.82, 2.24) is 10.2 Å². The molecule has 28 heavy (non-hydrogen) atoms. The molecular weight excluding hydrogens is 368 g/mol. The number of non-ortho nitro benzene ring substituents is 1. The zero-order valence-electron chi connectivity index (χ0n) is 14.6. The predicted molar refractivity (Wildman–Crippen MR) is 97.7 cm³/mol. The summed E-state index contributed by atoms with van der Waals surface area (Å²) in [7, 11) is 1.39. The predicted octanol–water partition coefficient (Wildman–Crippen LogP) is 2.97. The third kappa shape index (κ3) is 3.30. The molecule has 4 rings (SSSR count). The average Bonchev–Trinajstić information content (AvgIpc) is 3.36.